The van der Waals surface area contributed by atoms with E-state index >= 15 is 0 Å². The normalized spacial score (nSPS) is 11.7. The molecule has 0 radical (unpaired) electrons. The van der Waals surface area contributed by atoms with Gasteiger partial charge in [0.15, 0.2) is 11.5 Å². The average Bonchev–Trinajstić information content (AvgIpc) is 2.98. The van der Waals surface area contributed by atoms with Crippen molar-refractivity contribution < 1.29 is 22.6 Å². The van der Waals surface area contributed by atoms with Crippen LogP contribution in [-0.2, 0) is 6.18 Å². The number of ether oxygens (including phenoxy) is 2. The van der Waals surface area contributed by atoms with E-state index in [0.717, 1.165) is 10.7 Å². The molecular weight excluding hydrogens is 423 g/mol. The van der Waals surface area contributed by atoms with Crippen molar-refractivity contribution >= 4 is 23.5 Å². The zero-order chi connectivity index (χ0) is 22.2. The van der Waals surface area contributed by atoms with Crippen LogP contribution in [0.4, 0.5) is 25.1 Å². The molecule has 1 aromatic heterocycles. The summed E-state index contributed by atoms with van der Waals surface area (Å²) in [5.41, 5.74) is 10.2. The Morgan fingerprint density at radius 1 is 1.10 bits per heavy atom. The molecule has 11 heteroatoms. The van der Waals surface area contributed by atoms with Crippen LogP contribution >= 0.6 is 11.6 Å². The van der Waals surface area contributed by atoms with Crippen LogP contribution in [0.3, 0.4) is 0 Å². The highest BCUT2D eigenvalue weighted by Gasteiger charge is 2.36. The van der Waals surface area contributed by atoms with Crippen LogP contribution in [-0.4, -0.2) is 28.0 Å². The quantitative estimate of drug-likeness (QED) is 0.601. The summed E-state index contributed by atoms with van der Waals surface area (Å²) in [6, 6.07) is 6.65. The molecule has 0 aliphatic heterocycles. The molecule has 3 aromatic rings. The molecule has 3 rings (SSSR count). The third-order valence-electron chi connectivity index (χ3n) is 4.09. The molecule has 2 aromatic carbocycles. The van der Waals surface area contributed by atoms with E-state index in [1.54, 1.807) is 13.8 Å². The van der Waals surface area contributed by atoms with Crippen molar-refractivity contribution in [3.63, 3.8) is 0 Å². The predicted molar refractivity (Wildman–Crippen MR) is 108 cm³/mol. The molecule has 0 saturated heterocycles. The molecular formula is C19H19ClF3N5O2. The summed E-state index contributed by atoms with van der Waals surface area (Å²) in [6.07, 6.45) is -4.93. The van der Waals surface area contributed by atoms with Crippen LogP contribution in [0.25, 0.3) is 16.8 Å². The number of hydrogen-bond donors (Lipinski definition) is 2. The van der Waals surface area contributed by atoms with Crippen LogP contribution in [0.15, 0.2) is 30.3 Å². The van der Waals surface area contributed by atoms with Gasteiger partial charge in [0.2, 0.25) is 11.9 Å². The molecule has 0 bridgehead atoms. The number of nitrogen functional groups attached to an aromatic ring is 2. The summed E-state index contributed by atoms with van der Waals surface area (Å²) in [5.74, 6) is 0.347. The average molecular weight is 442 g/mol. The first-order valence-corrected chi connectivity index (χ1v) is 9.13. The summed E-state index contributed by atoms with van der Waals surface area (Å²) in [6.45, 7) is 3.59. The second-order valence-electron chi connectivity index (χ2n) is 6.62. The molecule has 7 nitrogen and oxygen atoms in total. The van der Waals surface area contributed by atoms with Crippen molar-refractivity contribution in [3.8, 4) is 28.3 Å². The molecule has 0 spiro atoms. The van der Waals surface area contributed by atoms with Crippen LogP contribution < -0.4 is 20.9 Å². The Balaban J connectivity index is 2.24. The maximum absolute atomic E-state index is 14.0. The monoisotopic (exact) mass is 441 g/mol. The van der Waals surface area contributed by atoms with Gasteiger partial charge in [-0.2, -0.15) is 22.8 Å². The van der Waals surface area contributed by atoms with Crippen LogP contribution in [0.1, 0.15) is 19.4 Å². The fourth-order valence-corrected chi connectivity index (χ4v) is 3.26. The molecule has 1 heterocycles. The lowest BCUT2D eigenvalue weighted by molar-refractivity contribution is -0.137. The number of halogens is 4. The lowest BCUT2D eigenvalue weighted by Crippen LogP contribution is -2.11. The largest absolute Gasteiger partial charge is 0.493 e. The van der Waals surface area contributed by atoms with Gasteiger partial charge in [0.05, 0.1) is 29.5 Å². The van der Waals surface area contributed by atoms with Crippen LogP contribution in [0.2, 0.25) is 5.02 Å². The summed E-state index contributed by atoms with van der Waals surface area (Å²) < 4.78 is 53.8. The topological polar surface area (TPSA) is 101 Å². The SMILES string of the molecule is COc1ccc(-c2c(Cl)cc(-n3nc(N)nc3N)cc2C(F)(F)F)cc1OC(C)C. The lowest BCUT2D eigenvalue weighted by atomic mass is 9.97. The zero-order valence-corrected chi connectivity index (χ0v) is 17.0. The van der Waals surface area contributed by atoms with E-state index in [2.05, 4.69) is 10.1 Å². The van der Waals surface area contributed by atoms with Crippen LogP contribution in [0, 0.1) is 0 Å². The van der Waals surface area contributed by atoms with Gasteiger partial charge in [-0.15, -0.1) is 5.10 Å². The number of alkyl halides is 3. The first kappa shape index (κ1) is 21.6. The minimum Gasteiger partial charge on any atom is -0.493 e. The fourth-order valence-electron chi connectivity index (χ4n) is 2.94. The van der Waals surface area contributed by atoms with Crippen molar-refractivity contribution in [1.29, 1.82) is 0 Å². The number of benzene rings is 2. The standard InChI is InChI=1S/C19H19ClF3N5O2/c1-9(2)30-15-6-10(4-5-14(15)29-3)16-12(19(21,22)23)7-11(8-13(16)20)28-18(25)26-17(24)27-28/h4-9H,1-3H3,(H4,24,25,26,27). The highest BCUT2D eigenvalue weighted by atomic mass is 35.5. The van der Waals surface area contributed by atoms with E-state index in [0.29, 0.717) is 11.5 Å². The molecule has 0 atom stereocenters. The van der Waals surface area contributed by atoms with E-state index in [9.17, 15) is 13.2 Å². The van der Waals surface area contributed by atoms with Crippen molar-refractivity contribution in [1.82, 2.24) is 14.8 Å². The third-order valence-corrected chi connectivity index (χ3v) is 4.39. The third kappa shape index (κ3) is 4.23. The van der Waals surface area contributed by atoms with Gasteiger partial charge in [0, 0.05) is 5.56 Å². The first-order chi connectivity index (χ1) is 14.0. The van der Waals surface area contributed by atoms with Gasteiger partial charge in [0.25, 0.3) is 0 Å². The van der Waals surface area contributed by atoms with E-state index in [-0.39, 0.29) is 39.8 Å². The van der Waals surface area contributed by atoms with Crippen molar-refractivity contribution in [2.45, 2.75) is 26.1 Å². The molecule has 0 fully saturated rings. The maximum atomic E-state index is 14.0. The molecule has 0 amide bonds. The number of anilines is 2. The smallest absolute Gasteiger partial charge is 0.417 e. The highest BCUT2D eigenvalue weighted by Crippen LogP contribution is 2.44. The molecule has 160 valence electrons. The minimum atomic E-state index is -4.71. The Kier molecular flexibility index (Phi) is 5.71. The summed E-state index contributed by atoms with van der Waals surface area (Å²) >= 11 is 6.31. The number of rotatable bonds is 5. The number of methoxy groups -OCH3 is 1. The zero-order valence-electron chi connectivity index (χ0n) is 16.3. The van der Waals surface area contributed by atoms with Gasteiger partial charge in [-0.3, -0.25) is 0 Å². The van der Waals surface area contributed by atoms with E-state index in [4.69, 9.17) is 32.5 Å². The van der Waals surface area contributed by atoms with Gasteiger partial charge in [-0.05, 0) is 43.7 Å². The Bertz CT molecular complexity index is 1080. The van der Waals surface area contributed by atoms with E-state index < -0.39 is 11.7 Å². The lowest BCUT2D eigenvalue weighted by Gasteiger charge is -2.19. The molecule has 30 heavy (non-hydrogen) atoms. The van der Waals surface area contributed by atoms with Gasteiger partial charge < -0.3 is 20.9 Å². The molecule has 0 saturated carbocycles. The summed E-state index contributed by atoms with van der Waals surface area (Å²) in [5, 5.41) is 3.65. The van der Waals surface area contributed by atoms with Crippen molar-refractivity contribution in [3.05, 3.63) is 40.9 Å². The number of aromatic nitrogens is 3. The second kappa shape index (κ2) is 7.94. The highest BCUT2D eigenvalue weighted by molar-refractivity contribution is 6.33. The Hall–Kier alpha value is -3.14. The summed E-state index contributed by atoms with van der Waals surface area (Å²) in [7, 11) is 1.44. The Labute approximate surface area is 175 Å². The minimum absolute atomic E-state index is 0.0232. The van der Waals surface area contributed by atoms with Gasteiger partial charge in [-0.1, -0.05) is 17.7 Å². The molecule has 0 aliphatic carbocycles. The Morgan fingerprint density at radius 3 is 2.33 bits per heavy atom. The van der Waals surface area contributed by atoms with E-state index in [1.165, 1.54) is 31.4 Å². The predicted octanol–water partition coefficient (Wildman–Crippen LogP) is 4.57. The number of nitrogens with zero attached hydrogens (tertiary/aromatic N) is 3. The number of hydrogen-bond acceptors (Lipinski definition) is 6. The molecule has 0 unspecified atom stereocenters. The van der Waals surface area contributed by atoms with Crippen LogP contribution in [0.5, 0.6) is 11.5 Å². The number of nitrogens with two attached hydrogens (primary N) is 2. The molecule has 4 N–H and O–H groups in total. The fraction of sp³-hybridized carbons (Fsp3) is 0.263. The first-order valence-electron chi connectivity index (χ1n) is 8.75. The van der Waals surface area contributed by atoms with Gasteiger partial charge in [0.1, 0.15) is 0 Å². The van der Waals surface area contributed by atoms with E-state index in [1.807, 2.05) is 0 Å². The summed E-state index contributed by atoms with van der Waals surface area (Å²) in [4.78, 5) is 3.70. The maximum Gasteiger partial charge on any atom is 0.417 e. The molecule has 0 aliphatic rings. The van der Waals surface area contributed by atoms with Gasteiger partial charge >= 0.3 is 6.18 Å². The van der Waals surface area contributed by atoms with Crippen molar-refractivity contribution in [2.24, 2.45) is 0 Å². The van der Waals surface area contributed by atoms with Crippen molar-refractivity contribution in [2.75, 3.05) is 18.6 Å². The van der Waals surface area contributed by atoms with Gasteiger partial charge in [-0.25, -0.2) is 0 Å². The Morgan fingerprint density at radius 2 is 1.80 bits per heavy atom. The second-order valence-corrected chi connectivity index (χ2v) is 7.03.